The summed E-state index contributed by atoms with van der Waals surface area (Å²) in [6.45, 7) is 2.16. The van der Waals surface area contributed by atoms with Gasteiger partial charge in [-0.1, -0.05) is 54.6 Å². The first kappa shape index (κ1) is 29.2. The second-order valence-electron chi connectivity index (χ2n) is 8.48. The summed E-state index contributed by atoms with van der Waals surface area (Å²) in [7, 11) is 0. The van der Waals surface area contributed by atoms with Gasteiger partial charge in [-0.2, -0.15) is 0 Å². The SMILES string of the molecule is CCO[C@H](CC/C=C/C(=O)Nc1ccccc1N)[C@H](OC(=O)Nc1ccccc1)c1ccccc1OCCO. The molecule has 5 N–H and O–H groups in total. The van der Waals surface area contributed by atoms with Crippen LogP contribution >= 0.6 is 0 Å². The van der Waals surface area contributed by atoms with Crippen molar-refractivity contribution in [2.45, 2.75) is 32.0 Å². The summed E-state index contributed by atoms with van der Waals surface area (Å²) in [5, 5.41) is 14.8. The number of nitrogen functional groups attached to an aromatic ring is 1. The zero-order valence-corrected chi connectivity index (χ0v) is 21.9. The molecule has 0 aliphatic heterocycles. The van der Waals surface area contributed by atoms with Crippen LogP contribution < -0.4 is 21.1 Å². The number of nitrogens with one attached hydrogen (secondary N) is 2. The quantitative estimate of drug-likeness (QED) is 0.163. The molecule has 9 nitrogen and oxygen atoms in total. The van der Waals surface area contributed by atoms with Gasteiger partial charge in [0.25, 0.3) is 0 Å². The van der Waals surface area contributed by atoms with Gasteiger partial charge in [-0.3, -0.25) is 10.1 Å². The lowest BCUT2D eigenvalue weighted by molar-refractivity contribution is -0.111. The van der Waals surface area contributed by atoms with Crippen LogP contribution in [0, 0.1) is 0 Å². The lowest BCUT2D eigenvalue weighted by Gasteiger charge is -2.28. The van der Waals surface area contributed by atoms with Gasteiger partial charge in [0, 0.05) is 17.9 Å². The number of aliphatic hydroxyl groups excluding tert-OH is 1. The van der Waals surface area contributed by atoms with E-state index in [1.807, 2.05) is 31.2 Å². The minimum absolute atomic E-state index is 0.0863. The molecule has 2 atom stereocenters. The number of hydrogen-bond donors (Lipinski definition) is 4. The van der Waals surface area contributed by atoms with Crippen LogP contribution in [-0.2, 0) is 14.3 Å². The molecule has 3 aromatic rings. The van der Waals surface area contributed by atoms with Crippen molar-refractivity contribution in [3.8, 4) is 5.75 Å². The summed E-state index contributed by atoms with van der Waals surface area (Å²) in [5.41, 5.74) is 8.10. The van der Waals surface area contributed by atoms with Gasteiger partial charge in [-0.05, 0) is 56.2 Å². The maximum Gasteiger partial charge on any atom is 0.412 e. The Morgan fingerprint density at radius 2 is 1.69 bits per heavy atom. The maximum atomic E-state index is 12.9. The summed E-state index contributed by atoms with van der Waals surface area (Å²) in [6, 6.07) is 23.2. The number of rotatable bonds is 14. The summed E-state index contributed by atoms with van der Waals surface area (Å²) < 4.78 is 17.7. The number of aliphatic hydroxyl groups is 1. The molecule has 39 heavy (non-hydrogen) atoms. The molecule has 0 heterocycles. The normalized spacial score (nSPS) is 12.5. The monoisotopic (exact) mass is 533 g/mol. The Labute approximate surface area is 228 Å². The Hall–Kier alpha value is -4.34. The molecule has 0 radical (unpaired) electrons. The maximum absolute atomic E-state index is 12.9. The van der Waals surface area contributed by atoms with Gasteiger partial charge in [0.15, 0.2) is 6.10 Å². The van der Waals surface area contributed by atoms with Crippen LogP contribution in [0.4, 0.5) is 21.9 Å². The molecule has 2 amide bonds. The summed E-state index contributed by atoms with van der Waals surface area (Å²) in [5.74, 6) is 0.169. The molecule has 0 fully saturated rings. The molecule has 0 spiro atoms. The van der Waals surface area contributed by atoms with Crippen molar-refractivity contribution in [2.24, 2.45) is 0 Å². The van der Waals surface area contributed by atoms with Crippen molar-refractivity contribution < 1.29 is 28.9 Å². The summed E-state index contributed by atoms with van der Waals surface area (Å²) >= 11 is 0. The average Bonchev–Trinajstić information content (AvgIpc) is 2.94. The molecule has 3 aromatic carbocycles. The molecule has 9 heteroatoms. The minimum Gasteiger partial charge on any atom is -0.491 e. The molecule has 0 saturated heterocycles. The van der Waals surface area contributed by atoms with E-state index in [9.17, 15) is 14.7 Å². The molecular formula is C30H35N3O6. The highest BCUT2D eigenvalue weighted by molar-refractivity contribution is 6.01. The van der Waals surface area contributed by atoms with E-state index in [-0.39, 0.29) is 19.1 Å². The topological polar surface area (TPSA) is 132 Å². The molecule has 0 aromatic heterocycles. The lowest BCUT2D eigenvalue weighted by Crippen LogP contribution is -2.29. The van der Waals surface area contributed by atoms with Crippen LogP contribution in [0.15, 0.2) is 91.0 Å². The van der Waals surface area contributed by atoms with E-state index in [1.165, 1.54) is 6.08 Å². The van der Waals surface area contributed by atoms with Crippen molar-refractivity contribution >= 4 is 29.1 Å². The van der Waals surface area contributed by atoms with Crippen LogP contribution in [0.1, 0.15) is 31.4 Å². The number of carbonyl (C=O) groups is 2. The van der Waals surface area contributed by atoms with Crippen molar-refractivity contribution in [1.29, 1.82) is 0 Å². The zero-order valence-electron chi connectivity index (χ0n) is 21.9. The van der Waals surface area contributed by atoms with Gasteiger partial charge in [0.05, 0.1) is 24.1 Å². The molecule has 0 saturated carbocycles. The fourth-order valence-corrected chi connectivity index (χ4v) is 3.90. The third-order valence-electron chi connectivity index (χ3n) is 5.65. The Balaban J connectivity index is 1.75. The van der Waals surface area contributed by atoms with Gasteiger partial charge in [-0.25, -0.2) is 4.79 Å². The van der Waals surface area contributed by atoms with E-state index in [0.29, 0.717) is 47.8 Å². The van der Waals surface area contributed by atoms with E-state index >= 15 is 0 Å². The van der Waals surface area contributed by atoms with Crippen molar-refractivity contribution in [1.82, 2.24) is 0 Å². The van der Waals surface area contributed by atoms with Crippen molar-refractivity contribution in [3.05, 3.63) is 96.6 Å². The van der Waals surface area contributed by atoms with Crippen LogP contribution in [0.2, 0.25) is 0 Å². The average molecular weight is 534 g/mol. The number of amides is 2. The number of para-hydroxylation sites is 4. The number of benzene rings is 3. The van der Waals surface area contributed by atoms with Gasteiger partial charge >= 0.3 is 6.09 Å². The van der Waals surface area contributed by atoms with E-state index in [4.69, 9.17) is 19.9 Å². The molecular weight excluding hydrogens is 498 g/mol. The van der Waals surface area contributed by atoms with E-state index in [2.05, 4.69) is 10.6 Å². The standard InChI is InChI=1S/C30H35N3O6/c1-2-37-27(18-10-11-19-28(35)33-25-16-8-7-15-24(25)31)29(23-14-6-9-17-26(23)38-21-20-34)39-30(36)32-22-12-4-3-5-13-22/h3-9,11-17,19,27,29,34H,2,10,18,20-21,31H2,1H3,(H,32,36)(H,33,35)/b19-11+/t27-,29-/m1/s1. The molecule has 0 unspecified atom stereocenters. The molecule has 206 valence electrons. The first-order valence-corrected chi connectivity index (χ1v) is 12.8. The van der Waals surface area contributed by atoms with Crippen LogP contribution in [0.3, 0.4) is 0 Å². The molecule has 0 aliphatic rings. The van der Waals surface area contributed by atoms with Crippen LogP contribution in [-0.4, -0.2) is 43.0 Å². The summed E-state index contributed by atoms with van der Waals surface area (Å²) in [4.78, 5) is 25.3. The number of nitrogens with two attached hydrogens (primary N) is 1. The third-order valence-corrected chi connectivity index (χ3v) is 5.65. The largest absolute Gasteiger partial charge is 0.491 e. The number of allylic oxidation sites excluding steroid dienone is 1. The van der Waals surface area contributed by atoms with Gasteiger partial charge in [0.1, 0.15) is 12.4 Å². The Morgan fingerprint density at radius 3 is 2.44 bits per heavy atom. The third kappa shape index (κ3) is 9.48. The zero-order chi connectivity index (χ0) is 27.9. The van der Waals surface area contributed by atoms with Crippen molar-refractivity contribution in [3.63, 3.8) is 0 Å². The first-order valence-electron chi connectivity index (χ1n) is 12.8. The highest BCUT2D eigenvalue weighted by Crippen LogP contribution is 2.34. The number of anilines is 3. The van der Waals surface area contributed by atoms with E-state index in [0.717, 1.165) is 0 Å². The molecule has 0 aliphatic carbocycles. The van der Waals surface area contributed by atoms with Crippen LogP contribution in [0.25, 0.3) is 0 Å². The predicted octanol–water partition coefficient (Wildman–Crippen LogP) is 5.31. The highest BCUT2D eigenvalue weighted by Gasteiger charge is 2.30. The van der Waals surface area contributed by atoms with E-state index in [1.54, 1.807) is 60.7 Å². The highest BCUT2D eigenvalue weighted by atomic mass is 16.6. The van der Waals surface area contributed by atoms with Gasteiger partial charge < -0.3 is 30.4 Å². The van der Waals surface area contributed by atoms with Crippen molar-refractivity contribution in [2.75, 3.05) is 36.2 Å². The first-order chi connectivity index (χ1) is 19.0. The second kappa shape index (κ2) is 15.8. The molecule has 3 rings (SSSR count). The van der Waals surface area contributed by atoms with Crippen LogP contribution in [0.5, 0.6) is 5.75 Å². The fourth-order valence-electron chi connectivity index (χ4n) is 3.90. The van der Waals surface area contributed by atoms with Gasteiger partial charge in [-0.15, -0.1) is 0 Å². The van der Waals surface area contributed by atoms with Gasteiger partial charge in [0.2, 0.25) is 5.91 Å². The summed E-state index contributed by atoms with van der Waals surface area (Å²) in [6.07, 6.45) is 2.07. The number of ether oxygens (including phenoxy) is 3. The predicted molar refractivity (Wildman–Crippen MR) is 152 cm³/mol. The van der Waals surface area contributed by atoms with E-state index < -0.39 is 18.3 Å². The minimum atomic E-state index is -0.824. The number of hydrogen-bond acceptors (Lipinski definition) is 7. The Bertz CT molecular complexity index is 1220. The molecule has 0 bridgehead atoms. The lowest BCUT2D eigenvalue weighted by atomic mass is 9.99. The second-order valence-corrected chi connectivity index (χ2v) is 8.48. The fraction of sp³-hybridized carbons (Fsp3) is 0.267. The Morgan fingerprint density at radius 1 is 0.974 bits per heavy atom. The Kier molecular flexibility index (Phi) is 11.8. The number of carbonyl (C=O) groups excluding carboxylic acids is 2. The smallest absolute Gasteiger partial charge is 0.412 e.